The summed E-state index contributed by atoms with van der Waals surface area (Å²) in [4.78, 5) is 17.0. The standard InChI is InChI=1S/C16H19N3O2S/c1-10(2)19-11(8-9-17-19)6-7-14-18-15-12(16(20)21)4-3-5-13(15)22-14/h6-10,12H,3-5H2,1-2H3,(H,20,21)/b7-6+. The van der Waals surface area contributed by atoms with Crippen molar-refractivity contribution in [2.75, 3.05) is 0 Å². The first-order valence-electron chi connectivity index (χ1n) is 7.50. The molecule has 1 aliphatic carbocycles. The summed E-state index contributed by atoms with van der Waals surface area (Å²) in [5.41, 5.74) is 1.79. The SMILES string of the molecule is CC(C)n1nccc1/C=C/c1nc2c(s1)CCCC2C(=O)O. The summed E-state index contributed by atoms with van der Waals surface area (Å²) in [6, 6.07) is 2.26. The van der Waals surface area contributed by atoms with Crippen LogP contribution in [0.25, 0.3) is 12.2 Å². The summed E-state index contributed by atoms with van der Waals surface area (Å²) in [6.45, 7) is 4.17. The highest BCUT2D eigenvalue weighted by atomic mass is 32.1. The number of rotatable bonds is 4. The van der Waals surface area contributed by atoms with Crippen LogP contribution in [0.2, 0.25) is 0 Å². The first kappa shape index (κ1) is 15.0. The number of carbonyl (C=O) groups is 1. The Balaban J connectivity index is 1.86. The summed E-state index contributed by atoms with van der Waals surface area (Å²) in [5, 5.41) is 14.5. The van der Waals surface area contributed by atoms with Gasteiger partial charge in [-0.3, -0.25) is 9.48 Å². The molecule has 5 nitrogen and oxygen atoms in total. The van der Waals surface area contributed by atoms with E-state index in [0.717, 1.165) is 34.1 Å². The molecule has 0 radical (unpaired) electrons. The molecule has 6 heteroatoms. The maximum absolute atomic E-state index is 11.3. The van der Waals surface area contributed by atoms with E-state index in [2.05, 4.69) is 23.9 Å². The molecule has 1 N–H and O–H groups in total. The molecule has 0 aliphatic heterocycles. The molecule has 0 fully saturated rings. The zero-order valence-corrected chi connectivity index (χ0v) is 13.5. The normalized spacial score (nSPS) is 18.0. The quantitative estimate of drug-likeness (QED) is 0.935. The summed E-state index contributed by atoms with van der Waals surface area (Å²) < 4.78 is 1.95. The minimum atomic E-state index is -0.764. The van der Waals surface area contributed by atoms with E-state index in [1.807, 2.05) is 22.9 Å². The molecule has 0 saturated carbocycles. The zero-order chi connectivity index (χ0) is 15.7. The van der Waals surface area contributed by atoms with Crippen molar-refractivity contribution in [3.63, 3.8) is 0 Å². The Morgan fingerprint density at radius 3 is 3.05 bits per heavy atom. The van der Waals surface area contributed by atoms with Crippen LogP contribution in [0, 0.1) is 0 Å². The van der Waals surface area contributed by atoms with Crippen molar-refractivity contribution in [2.45, 2.75) is 45.1 Å². The molecule has 1 atom stereocenters. The molecule has 1 unspecified atom stereocenters. The number of carboxylic acids is 1. The molecule has 0 bridgehead atoms. The molecular weight excluding hydrogens is 298 g/mol. The van der Waals surface area contributed by atoms with E-state index in [1.165, 1.54) is 0 Å². The second-order valence-corrected chi connectivity index (χ2v) is 6.89. The third kappa shape index (κ3) is 2.83. The Hall–Kier alpha value is -1.95. The molecule has 0 spiro atoms. The third-order valence-electron chi connectivity index (χ3n) is 3.86. The van der Waals surface area contributed by atoms with Crippen molar-refractivity contribution in [1.29, 1.82) is 0 Å². The molecule has 0 amide bonds. The van der Waals surface area contributed by atoms with E-state index in [9.17, 15) is 9.90 Å². The van der Waals surface area contributed by atoms with Crippen molar-refractivity contribution in [2.24, 2.45) is 0 Å². The molecule has 2 heterocycles. The second kappa shape index (κ2) is 6.04. The molecule has 2 aromatic rings. The van der Waals surface area contributed by atoms with E-state index < -0.39 is 11.9 Å². The van der Waals surface area contributed by atoms with Crippen LogP contribution in [0.4, 0.5) is 0 Å². The smallest absolute Gasteiger partial charge is 0.312 e. The van der Waals surface area contributed by atoms with Gasteiger partial charge in [0.15, 0.2) is 0 Å². The van der Waals surface area contributed by atoms with Crippen LogP contribution in [0.5, 0.6) is 0 Å². The predicted octanol–water partition coefficient (Wildman–Crippen LogP) is 3.60. The number of fused-ring (bicyclic) bond motifs is 1. The Morgan fingerprint density at radius 1 is 1.50 bits per heavy atom. The van der Waals surface area contributed by atoms with Crippen molar-refractivity contribution < 1.29 is 9.90 Å². The van der Waals surface area contributed by atoms with Gasteiger partial charge >= 0.3 is 5.97 Å². The second-order valence-electron chi connectivity index (χ2n) is 5.77. The van der Waals surface area contributed by atoms with Crippen molar-refractivity contribution >= 4 is 29.5 Å². The van der Waals surface area contributed by atoms with Crippen LogP contribution in [0.15, 0.2) is 12.3 Å². The maximum atomic E-state index is 11.3. The lowest BCUT2D eigenvalue weighted by Gasteiger charge is -2.16. The number of nitrogens with zero attached hydrogens (tertiary/aromatic N) is 3. The van der Waals surface area contributed by atoms with E-state index in [-0.39, 0.29) is 0 Å². The monoisotopic (exact) mass is 317 g/mol. The Bertz CT molecular complexity index is 715. The van der Waals surface area contributed by atoms with E-state index in [1.54, 1.807) is 17.5 Å². The van der Waals surface area contributed by atoms with Crippen LogP contribution >= 0.6 is 11.3 Å². The van der Waals surface area contributed by atoms with Gasteiger partial charge in [-0.15, -0.1) is 11.3 Å². The number of aromatic nitrogens is 3. The number of hydrogen-bond acceptors (Lipinski definition) is 4. The van der Waals surface area contributed by atoms with Gasteiger partial charge in [-0.25, -0.2) is 4.98 Å². The average Bonchev–Trinajstić information content (AvgIpc) is 3.10. The van der Waals surface area contributed by atoms with Gasteiger partial charge in [0.05, 0.1) is 17.3 Å². The van der Waals surface area contributed by atoms with Crippen LogP contribution in [0.1, 0.15) is 59.9 Å². The van der Waals surface area contributed by atoms with Gasteiger partial charge in [-0.1, -0.05) is 0 Å². The van der Waals surface area contributed by atoms with Crippen LogP contribution < -0.4 is 0 Å². The fourth-order valence-electron chi connectivity index (χ4n) is 2.79. The Labute approximate surface area is 133 Å². The lowest BCUT2D eigenvalue weighted by Crippen LogP contribution is -2.17. The summed E-state index contributed by atoms with van der Waals surface area (Å²) in [5.74, 6) is -1.21. The number of aliphatic carboxylic acids is 1. The largest absolute Gasteiger partial charge is 0.481 e. The molecule has 22 heavy (non-hydrogen) atoms. The first-order chi connectivity index (χ1) is 10.6. The molecule has 2 aromatic heterocycles. The number of aryl methyl sites for hydroxylation is 1. The van der Waals surface area contributed by atoms with Crippen LogP contribution in [0.3, 0.4) is 0 Å². The van der Waals surface area contributed by atoms with Crippen LogP contribution in [-0.2, 0) is 11.2 Å². The van der Waals surface area contributed by atoms with E-state index in [4.69, 9.17) is 0 Å². The van der Waals surface area contributed by atoms with E-state index >= 15 is 0 Å². The molecule has 116 valence electrons. The highest BCUT2D eigenvalue weighted by molar-refractivity contribution is 7.12. The lowest BCUT2D eigenvalue weighted by molar-refractivity contribution is -0.139. The number of thiazole rings is 1. The maximum Gasteiger partial charge on any atom is 0.312 e. The Kier molecular flexibility index (Phi) is 4.11. The average molecular weight is 317 g/mol. The van der Waals surface area contributed by atoms with Crippen LogP contribution in [-0.4, -0.2) is 25.8 Å². The molecule has 0 aromatic carbocycles. The molecule has 0 saturated heterocycles. The minimum absolute atomic E-state index is 0.301. The molecule has 3 rings (SSSR count). The van der Waals surface area contributed by atoms with Crippen molar-refractivity contribution in [1.82, 2.24) is 14.8 Å². The fourth-order valence-corrected chi connectivity index (χ4v) is 3.86. The summed E-state index contributed by atoms with van der Waals surface area (Å²) in [6.07, 6.45) is 8.29. The minimum Gasteiger partial charge on any atom is -0.481 e. The number of carboxylic acid groups (broad SMARTS) is 1. The van der Waals surface area contributed by atoms with Crippen molar-refractivity contribution in [3.05, 3.63) is 33.5 Å². The third-order valence-corrected chi connectivity index (χ3v) is 4.95. The van der Waals surface area contributed by atoms with Gasteiger partial charge in [0, 0.05) is 17.1 Å². The van der Waals surface area contributed by atoms with Gasteiger partial charge in [0.2, 0.25) is 0 Å². The zero-order valence-electron chi connectivity index (χ0n) is 12.7. The van der Waals surface area contributed by atoms with Gasteiger partial charge in [0.1, 0.15) is 5.01 Å². The highest BCUT2D eigenvalue weighted by Gasteiger charge is 2.29. The lowest BCUT2D eigenvalue weighted by atomic mass is 9.91. The number of hydrogen-bond donors (Lipinski definition) is 1. The summed E-state index contributed by atoms with van der Waals surface area (Å²) in [7, 11) is 0. The predicted molar refractivity (Wildman–Crippen MR) is 87.0 cm³/mol. The van der Waals surface area contributed by atoms with Crippen molar-refractivity contribution in [3.8, 4) is 0 Å². The summed E-state index contributed by atoms with van der Waals surface area (Å²) >= 11 is 1.60. The van der Waals surface area contributed by atoms with E-state index in [0.29, 0.717) is 12.5 Å². The molecule has 1 aliphatic rings. The fraction of sp³-hybridized carbons (Fsp3) is 0.438. The Morgan fingerprint density at radius 2 is 2.32 bits per heavy atom. The van der Waals surface area contributed by atoms with Gasteiger partial charge in [0.25, 0.3) is 0 Å². The van der Waals surface area contributed by atoms with Gasteiger partial charge in [-0.05, 0) is 51.3 Å². The molecular formula is C16H19N3O2S. The van der Waals surface area contributed by atoms with Gasteiger partial charge in [-0.2, -0.15) is 5.10 Å². The highest BCUT2D eigenvalue weighted by Crippen LogP contribution is 2.35. The first-order valence-corrected chi connectivity index (χ1v) is 8.32. The van der Waals surface area contributed by atoms with Gasteiger partial charge < -0.3 is 5.11 Å². The topological polar surface area (TPSA) is 68.0 Å².